The van der Waals surface area contributed by atoms with E-state index < -0.39 is 5.97 Å². The van der Waals surface area contributed by atoms with Crippen LogP contribution in [0.25, 0.3) is 0 Å². The highest BCUT2D eigenvalue weighted by molar-refractivity contribution is 6.07. The Morgan fingerprint density at radius 2 is 1.93 bits per heavy atom. The molecule has 7 heteroatoms. The van der Waals surface area contributed by atoms with Gasteiger partial charge in [-0.2, -0.15) is 0 Å². The molecule has 1 unspecified atom stereocenters. The second-order valence-corrected chi connectivity index (χ2v) is 6.74. The zero-order valence-corrected chi connectivity index (χ0v) is 16.4. The average Bonchev–Trinajstić information content (AvgIpc) is 2.74. The number of amides is 1. The summed E-state index contributed by atoms with van der Waals surface area (Å²) in [5.41, 5.74) is 1.05. The molecule has 1 aliphatic heterocycles. The highest BCUT2D eigenvalue weighted by Crippen LogP contribution is 2.23. The second-order valence-electron chi connectivity index (χ2n) is 6.74. The summed E-state index contributed by atoms with van der Waals surface area (Å²) in [6.07, 6.45) is 7.63. The van der Waals surface area contributed by atoms with E-state index in [2.05, 4.69) is 27.1 Å². The molecule has 1 N–H and O–H groups in total. The molecule has 1 aromatic heterocycles. The Morgan fingerprint density at radius 1 is 1.18 bits per heavy atom. The standard InChI is InChI=1S/C21H26N4O3/c1-3-16-9-7-8-12-25(16)21-22-13-15(14-23-21)19(26)24-18-11-6-5-10-17(18)20(27)28-4-2/h5-6,10-11,13-14,16H,3-4,7-9,12H2,1-2H3,(H,24,26). The Morgan fingerprint density at radius 3 is 2.64 bits per heavy atom. The first-order valence-electron chi connectivity index (χ1n) is 9.80. The van der Waals surface area contributed by atoms with E-state index in [1.807, 2.05) is 0 Å². The highest BCUT2D eigenvalue weighted by Gasteiger charge is 2.23. The molecular weight excluding hydrogens is 356 g/mol. The first-order valence-corrected chi connectivity index (χ1v) is 9.80. The van der Waals surface area contributed by atoms with Crippen LogP contribution in [0.2, 0.25) is 0 Å². The predicted molar refractivity (Wildman–Crippen MR) is 108 cm³/mol. The Bertz CT molecular complexity index is 823. The van der Waals surface area contributed by atoms with Crippen LogP contribution in [0.3, 0.4) is 0 Å². The van der Waals surface area contributed by atoms with Gasteiger partial charge in [-0.15, -0.1) is 0 Å². The lowest BCUT2D eigenvalue weighted by atomic mass is 10.0. The van der Waals surface area contributed by atoms with Crippen LogP contribution in [0, 0.1) is 0 Å². The van der Waals surface area contributed by atoms with E-state index in [0.717, 1.165) is 25.8 Å². The van der Waals surface area contributed by atoms with E-state index in [1.54, 1.807) is 31.2 Å². The number of ether oxygens (including phenoxy) is 1. The van der Waals surface area contributed by atoms with Crippen LogP contribution >= 0.6 is 0 Å². The molecule has 3 rings (SSSR count). The number of benzene rings is 1. The van der Waals surface area contributed by atoms with Gasteiger partial charge in [-0.05, 0) is 44.7 Å². The third-order valence-electron chi connectivity index (χ3n) is 4.93. The molecule has 1 saturated heterocycles. The minimum atomic E-state index is -0.472. The maximum absolute atomic E-state index is 12.6. The van der Waals surface area contributed by atoms with Crippen molar-refractivity contribution in [2.24, 2.45) is 0 Å². The van der Waals surface area contributed by atoms with E-state index in [0.29, 0.717) is 28.8 Å². The number of carbonyl (C=O) groups is 2. The molecule has 28 heavy (non-hydrogen) atoms. The highest BCUT2D eigenvalue weighted by atomic mass is 16.5. The first-order chi connectivity index (χ1) is 13.6. The summed E-state index contributed by atoms with van der Waals surface area (Å²) in [7, 11) is 0. The summed E-state index contributed by atoms with van der Waals surface area (Å²) in [5.74, 6) is -0.176. The SMILES string of the molecule is CCOC(=O)c1ccccc1NC(=O)c1cnc(N2CCCCC2CC)nc1. The average molecular weight is 382 g/mol. The smallest absolute Gasteiger partial charge is 0.340 e. The van der Waals surface area contributed by atoms with Crippen LogP contribution in [0.1, 0.15) is 60.2 Å². The number of anilines is 2. The molecule has 0 bridgehead atoms. The second kappa shape index (κ2) is 9.30. The minimum absolute atomic E-state index is 0.270. The molecule has 1 aromatic carbocycles. The van der Waals surface area contributed by atoms with Crippen LogP contribution in [0.5, 0.6) is 0 Å². The molecule has 2 aromatic rings. The number of esters is 1. The van der Waals surface area contributed by atoms with Gasteiger partial charge in [0, 0.05) is 25.0 Å². The van der Waals surface area contributed by atoms with Crippen LogP contribution in [0.15, 0.2) is 36.7 Å². The summed E-state index contributed by atoms with van der Waals surface area (Å²) in [4.78, 5) is 35.7. The van der Waals surface area contributed by atoms with Crippen LogP contribution in [-0.4, -0.2) is 41.0 Å². The summed E-state index contributed by atoms with van der Waals surface area (Å²) >= 11 is 0. The number of nitrogens with zero attached hydrogens (tertiary/aromatic N) is 3. The molecule has 0 saturated carbocycles. The summed E-state index contributed by atoms with van der Waals surface area (Å²) < 4.78 is 5.04. The molecular formula is C21H26N4O3. The summed E-state index contributed by atoms with van der Waals surface area (Å²) in [6.45, 7) is 5.12. The number of hydrogen-bond donors (Lipinski definition) is 1. The molecule has 7 nitrogen and oxygen atoms in total. The molecule has 0 aliphatic carbocycles. The molecule has 2 heterocycles. The van der Waals surface area contributed by atoms with Crippen LogP contribution in [0.4, 0.5) is 11.6 Å². The fourth-order valence-corrected chi connectivity index (χ4v) is 3.45. The zero-order chi connectivity index (χ0) is 19.9. The van der Waals surface area contributed by atoms with Gasteiger partial charge in [0.1, 0.15) is 0 Å². The molecule has 1 atom stereocenters. The van der Waals surface area contributed by atoms with E-state index in [-0.39, 0.29) is 12.5 Å². The van der Waals surface area contributed by atoms with Gasteiger partial charge >= 0.3 is 5.97 Å². The van der Waals surface area contributed by atoms with Gasteiger partial charge < -0.3 is 15.0 Å². The van der Waals surface area contributed by atoms with E-state index >= 15 is 0 Å². The van der Waals surface area contributed by atoms with Gasteiger partial charge in [0.05, 0.1) is 23.4 Å². The van der Waals surface area contributed by atoms with Crippen molar-refractivity contribution >= 4 is 23.5 Å². The van der Waals surface area contributed by atoms with Crippen molar-refractivity contribution in [2.45, 2.75) is 45.6 Å². The number of nitrogens with one attached hydrogen (secondary N) is 1. The molecule has 0 spiro atoms. The fourth-order valence-electron chi connectivity index (χ4n) is 3.45. The third kappa shape index (κ3) is 4.47. The Balaban J connectivity index is 1.73. The Kier molecular flexibility index (Phi) is 6.57. The van der Waals surface area contributed by atoms with Gasteiger partial charge in [-0.25, -0.2) is 14.8 Å². The van der Waals surface area contributed by atoms with Crippen LogP contribution < -0.4 is 10.2 Å². The van der Waals surface area contributed by atoms with Crippen LogP contribution in [-0.2, 0) is 4.74 Å². The maximum atomic E-state index is 12.6. The van der Waals surface area contributed by atoms with Crippen molar-refractivity contribution in [3.63, 3.8) is 0 Å². The molecule has 148 valence electrons. The van der Waals surface area contributed by atoms with Crippen molar-refractivity contribution < 1.29 is 14.3 Å². The largest absolute Gasteiger partial charge is 0.462 e. The normalized spacial score (nSPS) is 16.5. The lowest BCUT2D eigenvalue weighted by molar-refractivity contribution is 0.0527. The lowest BCUT2D eigenvalue weighted by Crippen LogP contribution is -2.40. The first kappa shape index (κ1) is 19.8. The van der Waals surface area contributed by atoms with Gasteiger partial charge in [0.2, 0.25) is 5.95 Å². The maximum Gasteiger partial charge on any atom is 0.340 e. The number of piperidine rings is 1. The topological polar surface area (TPSA) is 84.4 Å². The van der Waals surface area contributed by atoms with Gasteiger partial charge in [-0.1, -0.05) is 19.1 Å². The minimum Gasteiger partial charge on any atom is -0.462 e. The summed E-state index contributed by atoms with van der Waals surface area (Å²) in [6, 6.07) is 7.21. The van der Waals surface area contributed by atoms with Gasteiger partial charge in [0.15, 0.2) is 0 Å². The lowest BCUT2D eigenvalue weighted by Gasteiger charge is -2.35. The number of hydrogen-bond acceptors (Lipinski definition) is 6. The van der Waals surface area contributed by atoms with Gasteiger partial charge in [-0.3, -0.25) is 4.79 Å². The number of carbonyl (C=O) groups excluding carboxylic acids is 2. The van der Waals surface area contributed by atoms with Crippen molar-refractivity contribution in [3.8, 4) is 0 Å². The quantitative estimate of drug-likeness (QED) is 0.767. The monoisotopic (exact) mass is 382 g/mol. The number of aromatic nitrogens is 2. The number of rotatable bonds is 6. The molecule has 1 aliphatic rings. The van der Waals surface area contributed by atoms with Crippen molar-refractivity contribution in [3.05, 3.63) is 47.8 Å². The predicted octanol–water partition coefficient (Wildman–Crippen LogP) is 3.67. The van der Waals surface area contributed by atoms with E-state index in [9.17, 15) is 9.59 Å². The molecule has 1 fully saturated rings. The van der Waals surface area contributed by atoms with E-state index in [4.69, 9.17) is 4.74 Å². The van der Waals surface area contributed by atoms with Crippen molar-refractivity contribution in [1.82, 2.24) is 9.97 Å². The Hall–Kier alpha value is -2.96. The zero-order valence-electron chi connectivity index (χ0n) is 16.4. The third-order valence-corrected chi connectivity index (χ3v) is 4.93. The fraction of sp³-hybridized carbons (Fsp3) is 0.429. The molecule has 0 radical (unpaired) electrons. The summed E-state index contributed by atoms with van der Waals surface area (Å²) in [5, 5.41) is 2.75. The number of para-hydroxylation sites is 1. The Labute approximate surface area is 165 Å². The van der Waals surface area contributed by atoms with E-state index in [1.165, 1.54) is 18.8 Å². The van der Waals surface area contributed by atoms with Crippen molar-refractivity contribution in [2.75, 3.05) is 23.4 Å². The molecule has 1 amide bonds. The van der Waals surface area contributed by atoms with Crippen molar-refractivity contribution in [1.29, 1.82) is 0 Å². The van der Waals surface area contributed by atoms with Gasteiger partial charge in [0.25, 0.3) is 5.91 Å².